The van der Waals surface area contributed by atoms with Crippen molar-refractivity contribution in [3.05, 3.63) is 0 Å². The zero-order valence-electron chi connectivity index (χ0n) is 13.6. The maximum Gasteiger partial charge on any atom is 0.150 e. The highest BCUT2D eigenvalue weighted by Gasteiger charge is 2.38. The summed E-state index contributed by atoms with van der Waals surface area (Å²) in [4.78, 5) is 2.41. The van der Waals surface area contributed by atoms with Crippen LogP contribution >= 0.6 is 0 Å². The Morgan fingerprint density at radius 2 is 1.95 bits per heavy atom. The summed E-state index contributed by atoms with van der Waals surface area (Å²) in [5, 5.41) is 0. The van der Waals surface area contributed by atoms with Crippen molar-refractivity contribution in [2.75, 3.05) is 37.8 Å². The molecule has 2 atom stereocenters. The first-order chi connectivity index (χ1) is 9.89. The molecule has 1 fully saturated rings. The molecular formula is C14H31N3O3S. The van der Waals surface area contributed by atoms with Crippen LogP contribution in [0.1, 0.15) is 40.0 Å². The highest BCUT2D eigenvalue weighted by Crippen LogP contribution is 2.27. The molecule has 0 spiro atoms. The smallest absolute Gasteiger partial charge is 0.150 e. The summed E-state index contributed by atoms with van der Waals surface area (Å²) in [5.41, 5.74) is 2.84. The van der Waals surface area contributed by atoms with Crippen LogP contribution in [0.3, 0.4) is 0 Å². The highest BCUT2D eigenvalue weighted by atomic mass is 32.2. The van der Waals surface area contributed by atoms with Crippen molar-refractivity contribution in [2.24, 2.45) is 5.84 Å². The number of hydrazine groups is 1. The second-order valence-electron chi connectivity index (χ2n) is 5.91. The molecule has 0 aromatic carbocycles. The van der Waals surface area contributed by atoms with Crippen LogP contribution in [0.4, 0.5) is 0 Å². The van der Waals surface area contributed by atoms with Crippen LogP contribution in [-0.2, 0) is 14.6 Å². The van der Waals surface area contributed by atoms with Crippen LogP contribution in [-0.4, -0.2) is 62.7 Å². The Kier molecular flexibility index (Phi) is 7.56. The topological polar surface area (TPSA) is 84.7 Å². The number of hydrogen-bond donors (Lipinski definition) is 2. The van der Waals surface area contributed by atoms with Crippen molar-refractivity contribution in [2.45, 2.75) is 51.6 Å². The fourth-order valence-electron chi connectivity index (χ4n) is 2.99. The number of nitrogens with one attached hydrogen (secondary N) is 1. The van der Waals surface area contributed by atoms with Crippen molar-refractivity contribution >= 4 is 9.84 Å². The zero-order valence-corrected chi connectivity index (χ0v) is 14.4. The van der Waals surface area contributed by atoms with E-state index in [4.69, 9.17) is 10.6 Å². The molecule has 0 radical (unpaired) electrons. The van der Waals surface area contributed by atoms with E-state index < -0.39 is 9.84 Å². The van der Waals surface area contributed by atoms with E-state index in [1.54, 1.807) is 6.92 Å². The quantitative estimate of drug-likeness (QED) is 0.476. The summed E-state index contributed by atoms with van der Waals surface area (Å²) in [7, 11) is -2.90. The predicted octanol–water partition coefficient (Wildman–Crippen LogP) is 0.534. The molecule has 1 saturated heterocycles. The second-order valence-corrected chi connectivity index (χ2v) is 8.38. The van der Waals surface area contributed by atoms with E-state index in [-0.39, 0.29) is 23.1 Å². The molecule has 6 nitrogen and oxygen atoms in total. The molecule has 1 heterocycles. The van der Waals surface area contributed by atoms with Gasteiger partial charge in [-0.2, -0.15) is 0 Å². The summed E-state index contributed by atoms with van der Waals surface area (Å²) >= 11 is 0. The molecule has 0 amide bonds. The van der Waals surface area contributed by atoms with Gasteiger partial charge in [-0.25, -0.2) is 8.42 Å². The van der Waals surface area contributed by atoms with E-state index in [0.717, 1.165) is 39.1 Å². The SMILES string of the molecule is CCC(C)(C(CCCS(=O)(=O)CC)NN)N1CCOCC1. The number of nitrogens with two attached hydrogens (primary N) is 1. The summed E-state index contributed by atoms with van der Waals surface area (Å²) in [6.45, 7) is 9.34. The summed E-state index contributed by atoms with van der Waals surface area (Å²) in [5.74, 6) is 6.22. The molecule has 0 aliphatic carbocycles. The molecule has 3 N–H and O–H groups in total. The van der Waals surface area contributed by atoms with E-state index in [1.165, 1.54) is 0 Å². The van der Waals surface area contributed by atoms with Gasteiger partial charge in [-0.15, -0.1) is 0 Å². The first-order valence-corrected chi connectivity index (χ1v) is 9.71. The lowest BCUT2D eigenvalue weighted by Crippen LogP contribution is -2.63. The van der Waals surface area contributed by atoms with E-state index >= 15 is 0 Å². The van der Waals surface area contributed by atoms with Crippen LogP contribution in [0.15, 0.2) is 0 Å². The Balaban J connectivity index is 2.65. The van der Waals surface area contributed by atoms with Gasteiger partial charge < -0.3 is 4.74 Å². The molecule has 0 saturated carbocycles. The monoisotopic (exact) mass is 321 g/mol. The average molecular weight is 321 g/mol. The Bertz CT molecular complexity index is 396. The minimum Gasteiger partial charge on any atom is -0.379 e. The van der Waals surface area contributed by atoms with Crippen LogP contribution in [0.2, 0.25) is 0 Å². The molecule has 1 aliphatic heterocycles. The van der Waals surface area contributed by atoms with Gasteiger partial charge in [0.1, 0.15) is 9.84 Å². The molecule has 1 rings (SSSR count). The lowest BCUT2D eigenvalue weighted by molar-refractivity contribution is -0.0335. The molecule has 0 aromatic heterocycles. The van der Waals surface area contributed by atoms with E-state index in [1.807, 2.05) is 0 Å². The van der Waals surface area contributed by atoms with Gasteiger partial charge in [0.25, 0.3) is 0 Å². The Labute approximate surface area is 129 Å². The second kappa shape index (κ2) is 8.43. The molecule has 21 heavy (non-hydrogen) atoms. The summed E-state index contributed by atoms with van der Waals surface area (Å²) in [6.07, 6.45) is 2.37. The van der Waals surface area contributed by atoms with Crippen LogP contribution in [0.5, 0.6) is 0 Å². The van der Waals surface area contributed by atoms with E-state index in [2.05, 4.69) is 24.2 Å². The lowest BCUT2D eigenvalue weighted by atomic mass is 9.84. The Hall–Kier alpha value is -0.210. The van der Waals surface area contributed by atoms with Gasteiger partial charge in [-0.1, -0.05) is 13.8 Å². The maximum atomic E-state index is 11.6. The Morgan fingerprint density at radius 1 is 1.33 bits per heavy atom. The number of ether oxygens (including phenoxy) is 1. The van der Waals surface area contributed by atoms with E-state index in [0.29, 0.717) is 6.42 Å². The minimum atomic E-state index is -2.90. The van der Waals surface area contributed by atoms with Crippen molar-refractivity contribution in [1.82, 2.24) is 10.3 Å². The van der Waals surface area contributed by atoms with Gasteiger partial charge in [0.05, 0.1) is 19.0 Å². The first kappa shape index (κ1) is 18.8. The largest absolute Gasteiger partial charge is 0.379 e. The van der Waals surface area contributed by atoms with Gasteiger partial charge in [-0.05, 0) is 26.2 Å². The van der Waals surface area contributed by atoms with Crippen molar-refractivity contribution in [3.8, 4) is 0 Å². The molecule has 1 aliphatic rings. The molecule has 2 unspecified atom stereocenters. The van der Waals surface area contributed by atoms with Crippen molar-refractivity contribution in [1.29, 1.82) is 0 Å². The number of rotatable bonds is 9. The fourth-order valence-corrected chi connectivity index (χ4v) is 3.89. The molecule has 126 valence electrons. The molecule has 7 heteroatoms. The standard InChI is InChI=1S/C14H31N3O3S/c1-4-14(3,17-8-10-20-11-9-17)13(16-15)7-6-12-21(18,19)5-2/h13,16H,4-12,15H2,1-3H3. The molecule has 0 aromatic rings. The van der Waals surface area contributed by atoms with E-state index in [9.17, 15) is 8.42 Å². The highest BCUT2D eigenvalue weighted by molar-refractivity contribution is 7.91. The zero-order chi connectivity index (χ0) is 15.9. The summed E-state index contributed by atoms with van der Waals surface area (Å²) < 4.78 is 28.6. The number of morpholine rings is 1. The van der Waals surface area contributed by atoms with Crippen molar-refractivity contribution < 1.29 is 13.2 Å². The summed E-state index contributed by atoms with van der Waals surface area (Å²) in [6, 6.07) is 0.0765. The number of sulfone groups is 1. The van der Waals surface area contributed by atoms with Crippen molar-refractivity contribution in [3.63, 3.8) is 0 Å². The number of hydrogen-bond acceptors (Lipinski definition) is 6. The average Bonchev–Trinajstić information content (AvgIpc) is 2.51. The van der Waals surface area contributed by atoms with Gasteiger partial charge in [0.15, 0.2) is 0 Å². The fraction of sp³-hybridized carbons (Fsp3) is 1.00. The number of nitrogens with zero attached hydrogens (tertiary/aromatic N) is 1. The van der Waals surface area contributed by atoms with Gasteiger partial charge in [0, 0.05) is 30.4 Å². The third-order valence-electron chi connectivity index (χ3n) is 4.79. The Morgan fingerprint density at radius 3 is 2.43 bits per heavy atom. The van der Waals surface area contributed by atoms with Crippen LogP contribution in [0, 0.1) is 0 Å². The molecular weight excluding hydrogens is 290 g/mol. The lowest BCUT2D eigenvalue weighted by Gasteiger charge is -2.47. The third kappa shape index (κ3) is 5.17. The van der Waals surface area contributed by atoms with Gasteiger partial charge in [0.2, 0.25) is 0 Å². The predicted molar refractivity (Wildman–Crippen MR) is 85.8 cm³/mol. The van der Waals surface area contributed by atoms with Gasteiger partial charge in [-0.3, -0.25) is 16.2 Å². The van der Waals surface area contributed by atoms with Crippen LogP contribution < -0.4 is 11.3 Å². The molecule has 0 bridgehead atoms. The van der Waals surface area contributed by atoms with Gasteiger partial charge >= 0.3 is 0 Å². The third-order valence-corrected chi connectivity index (χ3v) is 6.58. The van der Waals surface area contributed by atoms with Crippen LogP contribution in [0.25, 0.3) is 0 Å². The normalized spacial score (nSPS) is 21.9. The maximum absolute atomic E-state index is 11.6. The first-order valence-electron chi connectivity index (χ1n) is 7.89. The minimum absolute atomic E-state index is 0.0749.